The van der Waals surface area contributed by atoms with E-state index in [2.05, 4.69) is 4.99 Å². The van der Waals surface area contributed by atoms with E-state index in [9.17, 15) is 18.0 Å². The number of rotatable bonds is 7. The SMILES string of the molecule is COC(=O)Cn1c(=NC(=O)CCCS(=O)(=O)c2ccccc2)sc2cc3c(cc21)OCCO3. The highest BCUT2D eigenvalue weighted by Gasteiger charge is 2.19. The minimum absolute atomic E-state index is 0.0404. The minimum atomic E-state index is -3.47. The number of nitrogens with zero attached hydrogens (tertiary/aromatic N) is 2. The fourth-order valence-electron chi connectivity index (χ4n) is 3.36. The van der Waals surface area contributed by atoms with Crippen molar-refractivity contribution in [1.82, 2.24) is 4.57 Å². The van der Waals surface area contributed by atoms with Crippen molar-refractivity contribution in [1.29, 1.82) is 0 Å². The molecule has 0 bridgehead atoms. The molecule has 2 aromatic carbocycles. The topological polar surface area (TPSA) is 113 Å². The van der Waals surface area contributed by atoms with Gasteiger partial charge in [0.1, 0.15) is 19.8 Å². The smallest absolute Gasteiger partial charge is 0.325 e. The highest BCUT2D eigenvalue weighted by molar-refractivity contribution is 7.91. The third kappa shape index (κ3) is 5.25. The van der Waals surface area contributed by atoms with Crippen LogP contribution in [0.25, 0.3) is 10.2 Å². The zero-order valence-corrected chi connectivity index (χ0v) is 19.5. The lowest BCUT2D eigenvalue weighted by molar-refractivity contribution is -0.141. The first-order valence-corrected chi connectivity index (χ1v) is 12.7. The summed E-state index contributed by atoms with van der Waals surface area (Å²) in [6.45, 7) is 0.722. The third-order valence-corrected chi connectivity index (χ3v) is 7.85. The maximum Gasteiger partial charge on any atom is 0.325 e. The van der Waals surface area contributed by atoms with E-state index >= 15 is 0 Å². The predicted molar refractivity (Wildman–Crippen MR) is 121 cm³/mol. The highest BCUT2D eigenvalue weighted by atomic mass is 32.2. The van der Waals surface area contributed by atoms with Gasteiger partial charge >= 0.3 is 5.97 Å². The van der Waals surface area contributed by atoms with E-state index in [-0.39, 0.29) is 30.0 Å². The Kier molecular flexibility index (Phi) is 6.80. The van der Waals surface area contributed by atoms with Crippen LogP contribution >= 0.6 is 11.3 Å². The number of hydrogen-bond donors (Lipinski definition) is 0. The van der Waals surface area contributed by atoms with E-state index in [1.54, 1.807) is 34.9 Å². The van der Waals surface area contributed by atoms with Gasteiger partial charge in [-0.2, -0.15) is 4.99 Å². The largest absolute Gasteiger partial charge is 0.486 e. The standard InChI is InChI=1S/C22H22N2O7S2/c1-29-21(26)14-24-16-12-17-18(31-10-9-30-17)13-19(16)32-22(24)23-20(25)8-5-11-33(27,28)15-6-3-2-4-7-15/h2-4,6-7,12-13H,5,8-11,14H2,1H3. The number of thiazole rings is 1. The summed E-state index contributed by atoms with van der Waals surface area (Å²) in [5, 5.41) is 0. The van der Waals surface area contributed by atoms with Crippen molar-refractivity contribution in [3.8, 4) is 11.5 Å². The molecule has 9 nitrogen and oxygen atoms in total. The van der Waals surface area contributed by atoms with Crippen molar-refractivity contribution in [3.63, 3.8) is 0 Å². The Hall–Kier alpha value is -3.18. The molecule has 1 amide bonds. The molecule has 0 unspecified atom stereocenters. The number of methoxy groups -OCH3 is 1. The molecular formula is C22H22N2O7S2. The van der Waals surface area contributed by atoms with Crippen LogP contribution in [0.1, 0.15) is 12.8 Å². The van der Waals surface area contributed by atoms with Crippen molar-refractivity contribution >= 4 is 43.3 Å². The molecule has 0 atom stereocenters. The van der Waals surface area contributed by atoms with Gasteiger partial charge in [0.25, 0.3) is 0 Å². The van der Waals surface area contributed by atoms with Gasteiger partial charge in [0, 0.05) is 18.6 Å². The van der Waals surface area contributed by atoms with Crippen LogP contribution in [-0.4, -0.2) is 50.9 Å². The van der Waals surface area contributed by atoms with Crippen molar-refractivity contribution in [2.45, 2.75) is 24.3 Å². The Morgan fingerprint density at radius 3 is 2.52 bits per heavy atom. The van der Waals surface area contributed by atoms with Crippen LogP contribution in [0, 0.1) is 0 Å². The van der Waals surface area contributed by atoms with Crippen LogP contribution in [0.4, 0.5) is 0 Å². The second-order valence-electron chi connectivity index (χ2n) is 7.25. The van der Waals surface area contributed by atoms with Gasteiger partial charge in [-0.25, -0.2) is 8.42 Å². The molecule has 0 saturated heterocycles. The lowest BCUT2D eigenvalue weighted by atomic mass is 10.2. The first-order valence-electron chi connectivity index (χ1n) is 10.2. The molecule has 1 aliphatic heterocycles. The Morgan fingerprint density at radius 2 is 1.82 bits per heavy atom. The molecular weight excluding hydrogens is 468 g/mol. The van der Waals surface area contributed by atoms with Crippen molar-refractivity contribution in [2.75, 3.05) is 26.1 Å². The van der Waals surface area contributed by atoms with E-state index in [0.717, 1.165) is 4.70 Å². The van der Waals surface area contributed by atoms with Crippen molar-refractivity contribution < 1.29 is 32.2 Å². The van der Waals surface area contributed by atoms with Crippen LogP contribution in [0.3, 0.4) is 0 Å². The van der Waals surface area contributed by atoms with Gasteiger partial charge in [-0.1, -0.05) is 29.5 Å². The van der Waals surface area contributed by atoms with Gasteiger partial charge in [0.15, 0.2) is 26.1 Å². The maximum atomic E-state index is 12.5. The molecule has 3 aromatic rings. The lowest BCUT2D eigenvalue weighted by Crippen LogP contribution is -2.22. The molecule has 0 fully saturated rings. The Morgan fingerprint density at radius 1 is 1.12 bits per heavy atom. The first-order chi connectivity index (χ1) is 15.9. The van der Waals surface area contributed by atoms with Crippen molar-refractivity contribution in [3.05, 3.63) is 47.3 Å². The monoisotopic (exact) mass is 490 g/mol. The zero-order valence-electron chi connectivity index (χ0n) is 17.9. The lowest BCUT2D eigenvalue weighted by Gasteiger charge is -2.18. The summed E-state index contributed by atoms with van der Waals surface area (Å²) in [5.74, 6) is 0.0142. The molecule has 0 saturated carbocycles. The summed E-state index contributed by atoms with van der Waals surface area (Å²) in [6, 6.07) is 11.6. The van der Waals surface area contributed by atoms with E-state index in [1.807, 2.05) is 0 Å². The molecule has 1 aliphatic rings. The maximum absolute atomic E-state index is 12.5. The average Bonchev–Trinajstić information content (AvgIpc) is 3.13. The van der Waals surface area contributed by atoms with Crippen LogP contribution in [0.2, 0.25) is 0 Å². The number of fused-ring (bicyclic) bond motifs is 2. The molecule has 33 heavy (non-hydrogen) atoms. The summed E-state index contributed by atoms with van der Waals surface area (Å²) in [6.07, 6.45) is 0.0959. The summed E-state index contributed by atoms with van der Waals surface area (Å²) in [7, 11) is -2.19. The number of amides is 1. The number of ether oxygens (including phenoxy) is 3. The number of sulfone groups is 1. The third-order valence-electron chi connectivity index (χ3n) is 4.99. The van der Waals surface area contributed by atoms with Gasteiger partial charge in [-0.3, -0.25) is 9.59 Å². The second kappa shape index (κ2) is 9.75. The van der Waals surface area contributed by atoms with Gasteiger partial charge in [0.05, 0.1) is 28.0 Å². The second-order valence-corrected chi connectivity index (χ2v) is 10.4. The number of carbonyl (C=O) groups is 2. The quantitative estimate of drug-likeness (QED) is 0.467. The average molecular weight is 491 g/mol. The van der Waals surface area contributed by atoms with Crippen molar-refractivity contribution in [2.24, 2.45) is 4.99 Å². The number of aromatic nitrogens is 1. The first kappa shape index (κ1) is 23.0. The highest BCUT2D eigenvalue weighted by Crippen LogP contribution is 2.35. The minimum Gasteiger partial charge on any atom is -0.486 e. The summed E-state index contributed by atoms with van der Waals surface area (Å²) in [4.78, 5) is 29.2. The van der Waals surface area contributed by atoms with E-state index in [4.69, 9.17) is 14.2 Å². The van der Waals surface area contributed by atoms with Gasteiger partial charge in [-0.05, 0) is 18.6 Å². The Balaban J connectivity index is 1.58. The van der Waals surface area contributed by atoms with E-state index in [1.165, 1.54) is 30.6 Å². The molecule has 0 radical (unpaired) electrons. The van der Waals surface area contributed by atoms with E-state index < -0.39 is 21.7 Å². The molecule has 1 aromatic heterocycles. The molecule has 0 N–H and O–H groups in total. The summed E-state index contributed by atoms with van der Waals surface area (Å²) in [5.41, 5.74) is 0.660. The molecule has 2 heterocycles. The van der Waals surface area contributed by atoms with Gasteiger partial charge < -0.3 is 18.8 Å². The predicted octanol–water partition coefficient (Wildman–Crippen LogP) is 2.33. The number of hydrogen-bond acceptors (Lipinski definition) is 8. The number of benzene rings is 2. The molecule has 0 aliphatic carbocycles. The summed E-state index contributed by atoms with van der Waals surface area (Å²) < 4.78 is 43.2. The van der Waals surface area contributed by atoms with Gasteiger partial charge in [0.2, 0.25) is 5.91 Å². The number of esters is 1. The summed E-state index contributed by atoms with van der Waals surface area (Å²) >= 11 is 1.23. The molecule has 4 rings (SSSR count). The fourth-order valence-corrected chi connectivity index (χ4v) is 5.75. The van der Waals surface area contributed by atoms with Crippen LogP contribution in [0.15, 0.2) is 52.4 Å². The van der Waals surface area contributed by atoms with Crippen LogP contribution in [-0.2, 0) is 30.7 Å². The fraction of sp³-hybridized carbons (Fsp3) is 0.318. The zero-order chi connectivity index (χ0) is 23.4. The van der Waals surface area contributed by atoms with Crippen LogP contribution in [0.5, 0.6) is 11.5 Å². The molecule has 11 heteroatoms. The van der Waals surface area contributed by atoms with Crippen LogP contribution < -0.4 is 14.3 Å². The number of carbonyl (C=O) groups excluding carboxylic acids is 2. The van der Waals surface area contributed by atoms with Gasteiger partial charge in [-0.15, -0.1) is 0 Å². The Labute approximate surface area is 194 Å². The van der Waals surface area contributed by atoms with E-state index in [0.29, 0.717) is 35.0 Å². The Bertz CT molecular complexity index is 1360. The normalized spacial score (nSPS) is 13.8. The molecule has 174 valence electrons. The molecule has 0 spiro atoms.